The van der Waals surface area contributed by atoms with Crippen LogP contribution < -0.4 is 14.2 Å². The zero-order valence-corrected chi connectivity index (χ0v) is 11.9. The monoisotopic (exact) mass is 268 g/mol. The molecule has 0 fully saturated rings. The standard InChI is InChI=1S/C14H20O5/c1-14(2,8-13(15)16)9-6-11(18-4)12(19-5)7-10(9)17-3/h6-7H,8H2,1-5H3,(H,15,16). The second-order valence-corrected chi connectivity index (χ2v) is 4.86. The Bertz CT molecular complexity index is 465. The second-order valence-electron chi connectivity index (χ2n) is 4.86. The lowest BCUT2D eigenvalue weighted by atomic mass is 9.81. The molecule has 0 amide bonds. The zero-order valence-electron chi connectivity index (χ0n) is 11.9. The van der Waals surface area contributed by atoms with Crippen LogP contribution in [0.25, 0.3) is 0 Å². The van der Waals surface area contributed by atoms with Crippen LogP contribution in [0.3, 0.4) is 0 Å². The molecule has 5 heteroatoms. The molecule has 1 aromatic carbocycles. The van der Waals surface area contributed by atoms with Gasteiger partial charge in [0.25, 0.3) is 0 Å². The number of carboxylic acids is 1. The van der Waals surface area contributed by atoms with Crippen LogP contribution in [0.5, 0.6) is 17.2 Å². The molecule has 0 saturated carbocycles. The highest BCUT2D eigenvalue weighted by Gasteiger charge is 2.29. The van der Waals surface area contributed by atoms with E-state index in [0.717, 1.165) is 5.56 Å². The first-order chi connectivity index (χ1) is 8.85. The van der Waals surface area contributed by atoms with Crippen molar-refractivity contribution in [1.82, 2.24) is 0 Å². The molecular weight excluding hydrogens is 248 g/mol. The van der Waals surface area contributed by atoms with Crippen LogP contribution in [0.2, 0.25) is 0 Å². The van der Waals surface area contributed by atoms with Gasteiger partial charge in [0.1, 0.15) is 5.75 Å². The fraction of sp³-hybridized carbons (Fsp3) is 0.500. The third kappa shape index (κ3) is 3.30. The second kappa shape index (κ2) is 5.82. The number of carboxylic acid groups (broad SMARTS) is 1. The van der Waals surface area contributed by atoms with Crippen molar-refractivity contribution in [2.24, 2.45) is 0 Å². The highest BCUT2D eigenvalue weighted by Crippen LogP contribution is 2.41. The molecule has 0 aliphatic rings. The van der Waals surface area contributed by atoms with E-state index in [1.807, 2.05) is 13.8 Å². The molecule has 0 atom stereocenters. The summed E-state index contributed by atoms with van der Waals surface area (Å²) >= 11 is 0. The summed E-state index contributed by atoms with van der Waals surface area (Å²) < 4.78 is 15.8. The van der Waals surface area contributed by atoms with Crippen molar-refractivity contribution < 1.29 is 24.1 Å². The average molecular weight is 268 g/mol. The van der Waals surface area contributed by atoms with E-state index in [4.69, 9.17) is 19.3 Å². The normalized spacial score (nSPS) is 11.0. The topological polar surface area (TPSA) is 65.0 Å². The van der Waals surface area contributed by atoms with Gasteiger partial charge in [-0.25, -0.2) is 0 Å². The highest BCUT2D eigenvalue weighted by atomic mass is 16.5. The van der Waals surface area contributed by atoms with Gasteiger partial charge in [-0.2, -0.15) is 0 Å². The lowest BCUT2D eigenvalue weighted by molar-refractivity contribution is -0.138. The Balaban J connectivity index is 3.36. The molecule has 0 saturated heterocycles. The van der Waals surface area contributed by atoms with E-state index < -0.39 is 11.4 Å². The van der Waals surface area contributed by atoms with Gasteiger partial charge in [-0.1, -0.05) is 13.8 Å². The summed E-state index contributed by atoms with van der Waals surface area (Å²) in [6.07, 6.45) is -0.00115. The number of rotatable bonds is 6. The fourth-order valence-electron chi connectivity index (χ4n) is 2.03. The number of methoxy groups -OCH3 is 3. The molecule has 1 N–H and O–H groups in total. The Morgan fingerprint density at radius 1 is 1.05 bits per heavy atom. The number of carbonyl (C=O) groups is 1. The van der Waals surface area contributed by atoms with E-state index in [2.05, 4.69) is 0 Å². The molecule has 106 valence electrons. The van der Waals surface area contributed by atoms with Crippen molar-refractivity contribution >= 4 is 5.97 Å². The lowest BCUT2D eigenvalue weighted by Gasteiger charge is -2.26. The van der Waals surface area contributed by atoms with Gasteiger partial charge in [0.05, 0.1) is 27.8 Å². The third-order valence-electron chi connectivity index (χ3n) is 3.03. The van der Waals surface area contributed by atoms with Gasteiger partial charge in [-0.15, -0.1) is 0 Å². The summed E-state index contributed by atoms with van der Waals surface area (Å²) in [5, 5.41) is 9.00. The number of aliphatic carboxylic acids is 1. The van der Waals surface area contributed by atoms with Gasteiger partial charge in [0.2, 0.25) is 0 Å². The molecule has 0 radical (unpaired) electrons. The zero-order chi connectivity index (χ0) is 14.6. The Kier molecular flexibility index (Phi) is 4.64. The van der Waals surface area contributed by atoms with Gasteiger partial charge in [0.15, 0.2) is 11.5 Å². The van der Waals surface area contributed by atoms with Gasteiger partial charge in [0, 0.05) is 17.0 Å². The van der Waals surface area contributed by atoms with Crippen LogP contribution in [-0.4, -0.2) is 32.4 Å². The molecule has 0 unspecified atom stereocenters. The summed E-state index contributed by atoms with van der Waals surface area (Å²) in [5.74, 6) is 0.830. The Labute approximate surface area is 113 Å². The smallest absolute Gasteiger partial charge is 0.304 e. The van der Waals surface area contributed by atoms with Crippen LogP contribution in [0.4, 0.5) is 0 Å². The SMILES string of the molecule is COc1cc(OC)c(C(C)(C)CC(=O)O)cc1OC. The molecule has 1 rings (SSSR count). The third-order valence-corrected chi connectivity index (χ3v) is 3.03. The lowest BCUT2D eigenvalue weighted by Crippen LogP contribution is -2.22. The number of benzene rings is 1. The van der Waals surface area contributed by atoms with E-state index in [1.165, 1.54) is 7.11 Å². The van der Waals surface area contributed by atoms with E-state index >= 15 is 0 Å². The average Bonchev–Trinajstić information content (AvgIpc) is 2.35. The van der Waals surface area contributed by atoms with Gasteiger partial charge in [-0.3, -0.25) is 4.79 Å². The fourth-order valence-corrected chi connectivity index (χ4v) is 2.03. The maximum absolute atomic E-state index is 11.0. The van der Waals surface area contributed by atoms with Crippen molar-refractivity contribution in [2.45, 2.75) is 25.7 Å². The Hall–Kier alpha value is -1.91. The minimum atomic E-state index is -0.859. The first-order valence-electron chi connectivity index (χ1n) is 5.88. The summed E-state index contributed by atoms with van der Waals surface area (Å²) in [7, 11) is 4.62. The molecule has 0 heterocycles. The molecule has 0 bridgehead atoms. The molecular formula is C14H20O5. The highest BCUT2D eigenvalue weighted by molar-refractivity contribution is 5.69. The van der Waals surface area contributed by atoms with Gasteiger partial charge >= 0.3 is 5.97 Å². The molecule has 0 aliphatic heterocycles. The summed E-state index contributed by atoms with van der Waals surface area (Å²) in [5.41, 5.74) is 0.201. The maximum Gasteiger partial charge on any atom is 0.304 e. The van der Waals surface area contributed by atoms with Crippen LogP contribution >= 0.6 is 0 Å². The van der Waals surface area contributed by atoms with Gasteiger partial charge < -0.3 is 19.3 Å². The Morgan fingerprint density at radius 2 is 1.53 bits per heavy atom. The first kappa shape index (κ1) is 15.1. The van der Waals surface area contributed by atoms with Gasteiger partial charge in [-0.05, 0) is 6.07 Å². The molecule has 19 heavy (non-hydrogen) atoms. The number of ether oxygens (including phenoxy) is 3. The van der Waals surface area contributed by atoms with Crippen molar-refractivity contribution in [3.8, 4) is 17.2 Å². The molecule has 0 spiro atoms. The first-order valence-corrected chi connectivity index (χ1v) is 5.88. The van der Waals surface area contributed by atoms with Crippen LogP contribution in [0.15, 0.2) is 12.1 Å². The van der Waals surface area contributed by atoms with E-state index in [9.17, 15) is 4.79 Å². The van der Waals surface area contributed by atoms with E-state index in [0.29, 0.717) is 17.2 Å². The minimum Gasteiger partial charge on any atom is -0.496 e. The molecule has 0 aromatic heterocycles. The number of hydrogen-bond donors (Lipinski definition) is 1. The largest absolute Gasteiger partial charge is 0.496 e. The predicted octanol–water partition coefficient (Wildman–Crippen LogP) is 2.46. The quantitative estimate of drug-likeness (QED) is 0.858. The predicted molar refractivity (Wildman–Crippen MR) is 71.4 cm³/mol. The molecule has 5 nitrogen and oxygen atoms in total. The minimum absolute atomic E-state index is 0.00115. The van der Waals surface area contributed by atoms with E-state index in [1.54, 1.807) is 26.4 Å². The van der Waals surface area contributed by atoms with Crippen molar-refractivity contribution in [3.63, 3.8) is 0 Å². The molecule has 1 aromatic rings. The maximum atomic E-state index is 11.0. The summed E-state index contributed by atoms with van der Waals surface area (Å²) in [6.45, 7) is 3.70. The Morgan fingerprint density at radius 3 is 1.95 bits per heavy atom. The van der Waals surface area contributed by atoms with Crippen LogP contribution in [0, 0.1) is 0 Å². The number of hydrogen-bond acceptors (Lipinski definition) is 4. The van der Waals surface area contributed by atoms with Crippen molar-refractivity contribution in [2.75, 3.05) is 21.3 Å². The summed E-state index contributed by atoms with van der Waals surface area (Å²) in [6, 6.07) is 3.47. The van der Waals surface area contributed by atoms with E-state index in [-0.39, 0.29) is 6.42 Å². The van der Waals surface area contributed by atoms with Crippen LogP contribution in [-0.2, 0) is 10.2 Å². The van der Waals surface area contributed by atoms with Crippen molar-refractivity contribution in [3.05, 3.63) is 17.7 Å². The van der Waals surface area contributed by atoms with Crippen molar-refractivity contribution in [1.29, 1.82) is 0 Å². The summed E-state index contributed by atoms with van der Waals surface area (Å²) in [4.78, 5) is 11.0. The molecule has 0 aliphatic carbocycles. The van der Waals surface area contributed by atoms with Crippen LogP contribution in [0.1, 0.15) is 25.8 Å².